The van der Waals surface area contributed by atoms with E-state index in [0.717, 1.165) is 16.0 Å². The van der Waals surface area contributed by atoms with E-state index < -0.39 is 0 Å². The first kappa shape index (κ1) is 14.7. The summed E-state index contributed by atoms with van der Waals surface area (Å²) in [5.41, 5.74) is 3.70. The van der Waals surface area contributed by atoms with Gasteiger partial charge in [-0.25, -0.2) is 4.39 Å². The summed E-state index contributed by atoms with van der Waals surface area (Å²) < 4.78 is 14.1. The highest BCUT2D eigenvalue weighted by Crippen LogP contribution is 2.37. The van der Waals surface area contributed by atoms with Crippen LogP contribution in [0, 0.1) is 5.82 Å². The van der Waals surface area contributed by atoms with Gasteiger partial charge in [0, 0.05) is 4.47 Å². The lowest BCUT2D eigenvalue weighted by molar-refractivity contribution is 0.419. The van der Waals surface area contributed by atoms with E-state index in [-0.39, 0.29) is 11.9 Å². The summed E-state index contributed by atoms with van der Waals surface area (Å²) in [7, 11) is 1.93. The Kier molecular flexibility index (Phi) is 4.41. The number of nitrogens with one attached hydrogen (secondary N) is 1. The highest BCUT2D eigenvalue weighted by molar-refractivity contribution is 9.10. The van der Waals surface area contributed by atoms with Crippen molar-refractivity contribution >= 4 is 15.9 Å². The molecule has 2 aromatic rings. The summed E-state index contributed by atoms with van der Waals surface area (Å²) in [5.74, 6) is 0.533. The Labute approximate surface area is 133 Å². The van der Waals surface area contributed by atoms with E-state index in [4.69, 9.17) is 0 Å². The van der Waals surface area contributed by atoms with Crippen molar-refractivity contribution in [2.45, 2.75) is 31.2 Å². The molecular formula is C18H19BrFN. The maximum Gasteiger partial charge on any atom is 0.124 e. The topological polar surface area (TPSA) is 12.0 Å². The molecule has 0 aromatic heterocycles. The lowest BCUT2D eigenvalue weighted by Gasteiger charge is -2.26. The summed E-state index contributed by atoms with van der Waals surface area (Å²) in [5, 5.41) is 3.32. The highest BCUT2D eigenvalue weighted by atomic mass is 79.9. The monoisotopic (exact) mass is 347 g/mol. The molecule has 1 nitrogen and oxygen atoms in total. The second kappa shape index (κ2) is 6.29. The molecule has 1 aliphatic carbocycles. The van der Waals surface area contributed by atoms with Gasteiger partial charge in [-0.3, -0.25) is 0 Å². The second-order valence-corrected chi connectivity index (χ2v) is 6.54. The number of halogens is 2. The Hall–Kier alpha value is -1.19. The van der Waals surface area contributed by atoms with Gasteiger partial charge in [-0.1, -0.05) is 52.7 Å². The van der Waals surface area contributed by atoms with Gasteiger partial charge in [-0.05, 0) is 54.6 Å². The molecule has 2 aromatic carbocycles. The van der Waals surface area contributed by atoms with Gasteiger partial charge in [0.05, 0.1) is 6.04 Å². The summed E-state index contributed by atoms with van der Waals surface area (Å²) in [6, 6.07) is 13.8. The van der Waals surface area contributed by atoms with Crippen molar-refractivity contribution in [3.8, 4) is 0 Å². The van der Waals surface area contributed by atoms with E-state index in [9.17, 15) is 4.39 Å². The van der Waals surface area contributed by atoms with Crippen molar-refractivity contribution in [2.24, 2.45) is 0 Å². The summed E-state index contributed by atoms with van der Waals surface area (Å²) in [6.45, 7) is 0. The van der Waals surface area contributed by atoms with Gasteiger partial charge in [-0.2, -0.15) is 0 Å². The number of benzene rings is 2. The quantitative estimate of drug-likeness (QED) is 0.804. The van der Waals surface area contributed by atoms with Crippen LogP contribution in [0.2, 0.25) is 0 Å². The molecular weight excluding hydrogens is 329 g/mol. The molecule has 0 heterocycles. The zero-order valence-corrected chi connectivity index (χ0v) is 13.7. The molecule has 0 radical (unpaired) electrons. The van der Waals surface area contributed by atoms with E-state index in [1.807, 2.05) is 13.1 Å². The Morgan fingerprint density at radius 3 is 2.38 bits per heavy atom. The van der Waals surface area contributed by atoms with Gasteiger partial charge in [-0.15, -0.1) is 0 Å². The van der Waals surface area contributed by atoms with Crippen LogP contribution in [0.25, 0.3) is 0 Å². The molecule has 1 unspecified atom stereocenters. The zero-order valence-electron chi connectivity index (χ0n) is 12.1. The van der Waals surface area contributed by atoms with E-state index in [2.05, 4.69) is 45.5 Å². The van der Waals surface area contributed by atoms with Gasteiger partial charge in [0.25, 0.3) is 0 Å². The number of hydrogen-bond acceptors (Lipinski definition) is 1. The fourth-order valence-electron chi connectivity index (χ4n) is 2.94. The van der Waals surface area contributed by atoms with Crippen LogP contribution in [0.1, 0.15) is 47.9 Å². The Bertz CT molecular complexity index is 620. The van der Waals surface area contributed by atoms with Crippen LogP contribution in [-0.4, -0.2) is 7.05 Å². The highest BCUT2D eigenvalue weighted by Gasteiger charge is 2.20. The molecule has 0 amide bonds. The fourth-order valence-corrected chi connectivity index (χ4v) is 3.52. The Morgan fingerprint density at radius 1 is 1.14 bits per heavy atom. The Balaban J connectivity index is 1.88. The lowest BCUT2D eigenvalue weighted by Crippen LogP contribution is -2.18. The third-order valence-corrected chi connectivity index (χ3v) is 5.10. The lowest BCUT2D eigenvalue weighted by atomic mass is 9.79. The number of rotatable bonds is 4. The smallest absolute Gasteiger partial charge is 0.124 e. The van der Waals surface area contributed by atoms with Crippen molar-refractivity contribution in [1.29, 1.82) is 0 Å². The molecule has 21 heavy (non-hydrogen) atoms. The van der Waals surface area contributed by atoms with Gasteiger partial charge >= 0.3 is 0 Å². The van der Waals surface area contributed by atoms with Crippen molar-refractivity contribution in [3.05, 3.63) is 69.4 Å². The van der Waals surface area contributed by atoms with E-state index in [1.165, 1.54) is 42.5 Å². The van der Waals surface area contributed by atoms with Crippen molar-refractivity contribution in [2.75, 3.05) is 7.05 Å². The SMILES string of the molecule is CNC(c1ccc(C2CCC2)cc1)c1ccc(F)cc1Br. The largest absolute Gasteiger partial charge is 0.309 e. The predicted octanol–water partition coefficient (Wildman–Crippen LogP) is 5.16. The van der Waals surface area contributed by atoms with E-state index >= 15 is 0 Å². The molecule has 3 rings (SSSR count). The van der Waals surface area contributed by atoms with Gasteiger partial charge < -0.3 is 5.32 Å². The first-order chi connectivity index (χ1) is 10.2. The van der Waals surface area contributed by atoms with Crippen LogP contribution >= 0.6 is 15.9 Å². The van der Waals surface area contributed by atoms with E-state index in [1.54, 1.807) is 0 Å². The first-order valence-electron chi connectivity index (χ1n) is 7.41. The van der Waals surface area contributed by atoms with Crippen LogP contribution < -0.4 is 5.32 Å². The predicted molar refractivity (Wildman–Crippen MR) is 88.0 cm³/mol. The fraction of sp³-hybridized carbons (Fsp3) is 0.333. The maximum atomic E-state index is 13.3. The van der Waals surface area contributed by atoms with Crippen molar-refractivity contribution in [1.82, 2.24) is 5.32 Å². The normalized spacial score (nSPS) is 16.5. The van der Waals surface area contributed by atoms with Crippen molar-refractivity contribution in [3.63, 3.8) is 0 Å². The summed E-state index contributed by atoms with van der Waals surface area (Å²) in [6.07, 6.45) is 3.99. The number of hydrogen-bond donors (Lipinski definition) is 1. The molecule has 110 valence electrons. The minimum Gasteiger partial charge on any atom is -0.309 e. The first-order valence-corrected chi connectivity index (χ1v) is 8.20. The molecule has 1 N–H and O–H groups in total. The van der Waals surface area contributed by atoms with Gasteiger partial charge in [0.2, 0.25) is 0 Å². The molecule has 1 atom stereocenters. The maximum absolute atomic E-state index is 13.3. The molecule has 0 saturated heterocycles. The average Bonchev–Trinajstić information content (AvgIpc) is 2.42. The van der Waals surface area contributed by atoms with Gasteiger partial charge in [0.15, 0.2) is 0 Å². The Morgan fingerprint density at radius 2 is 1.86 bits per heavy atom. The molecule has 0 spiro atoms. The molecule has 0 bridgehead atoms. The standard InChI is InChI=1S/C18H19BrFN/c1-21-18(16-10-9-15(20)11-17(16)19)14-7-5-13(6-8-14)12-3-2-4-12/h5-12,18,21H,2-4H2,1H3. The molecule has 1 aliphatic rings. The summed E-state index contributed by atoms with van der Waals surface area (Å²) >= 11 is 3.46. The third-order valence-electron chi connectivity index (χ3n) is 4.41. The second-order valence-electron chi connectivity index (χ2n) is 5.68. The third kappa shape index (κ3) is 3.04. The molecule has 3 heteroatoms. The van der Waals surface area contributed by atoms with Gasteiger partial charge in [0.1, 0.15) is 5.82 Å². The van der Waals surface area contributed by atoms with Crippen LogP contribution in [0.3, 0.4) is 0 Å². The van der Waals surface area contributed by atoms with Crippen LogP contribution in [0.4, 0.5) is 4.39 Å². The average molecular weight is 348 g/mol. The van der Waals surface area contributed by atoms with Crippen LogP contribution in [0.15, 0.2) is 46.9 Å². The minimum absolute atomic E-state index is 0.0652. The van der Waals surface area contributed by atoms with E-state index in [0.29, 0.717) is 0 Å². The minimum atomic E-state index is -0.221. The van der Waals surface area contributed by atoms with Crippen LogP contribution in [0.5, 0.6) is 0 Å². The zero-order chi connectivity index (χ0) is 14.8. The molecule has 1 fully saturated rings. The molecule has 0 aliphatic heterocycles. The van der Waals surface area contributed by atoms with Crippen LogP contribution in [-0.2, 0) is 0 Å². The molecule has 1 saturated carbocycles. The summed E-state index contributed by atoms with van der Waals surface area (Å²) in [4.78, 5) is 0. The van der Waals surface area contributed by atoms with Crippen molar-refractivity contribution < 1.29 is 4.39 Å².